The van der Waals surface area contributed by atoms with Gasteiger partial charge >= 0.3 is 0 Å². The molecule has 2 heteroatoms. The third-order valence-electron chi connectivity index (χ3n) is 11.1. The first-order chi connectivity index (χ1) is 14.6. The van der Waals surface area contributed by atoms with Gasteiger partial charge in [-0.15, -0.1) is 0 Å². The van der Waals surface area contributed by atoms with Crippen LogP contribution in [0.5, 0.6) is 0 Å². The Morgan fingerprint density at radius 1 is 0.968 bits per heavy atom. The molecular weight excluding hydrogens is 380 g/mol. The number of fused-ring (bicyclic) bond motifs is 5. The van der Waals surface area contributed by atoms with Gasteiger partial charge in [-0.2, -0.15) is 0 Å². The zero-order valence-corrected chi connectivity index (χ0v) is 21.1. The Balaban J connectivity index is 1.45. The maximum absolute atomic E-state index is 10.7. The fraction of sp³-hybridized carbons (Fsp3) is 0.931. The molecule has 0 aliphatic heterocycles. The highest BCUT2D eigenvalue weighted by atomic mass is 16.3. The van der Waals surface area contributed by atoms with Crippen LogP contribution in [0.15, 0.2) is 11.6 Å². The molecule has 0 amide bonds. The number of hydrogen-bond donors (Lipinski definition) is 2. The third kappa shape index (κ3) is 4.30. The number of aliphatic hydroxyl groups is 2. The SMILES string of the molecule is C[C@H](CCCO)CC[C@@H](C)[C@H]1CC[C@H]2[C@@H]3CC=C4C[C@@](C)(O)CC[C@]4(C)[C@H]3CC[C@]12C. The predicted molar refractivity (Wildman–Crippen MR) is 130 cm³/mol. The highest BCUT2D eigenvalue weighted by Crippen LogP contribution is 2.67. The summed E-state index contributed by atoms with van der Waals surface area (Å²) >= 11 is 0. The van der Waals surface area contributed by atoms with Crippen LogP contribution in [0.1, 0.15) is 112 Å². The summed E-state index contributed by atoms with van der Waals surface area (Å²) in [6, 6.07) is 0. The molecule has 0 heterocycles. The number of rotatable bonds is 7. The molecule has 3 fully saturated rings. The molecule has 4 aliphatic carbocycles. The fourth-order valence-corrected chi connectivity index (χ4v) is 9.11. The lowest BCUT2D eigenvalue weighted by atomic mass is 9.46. The van der Waals surface area contributed by atoms with E-state index in [1.807, 2.05) is 6.92 Å². The van der Waals surface area contributed by atoms with Crippen molar-refractivity contribution in [3.8, 4) is 0 Å². The van der Waals surface area contributed by atoms with Crippen molar-refractivity contribution >= 4 is 0 Å². The smallest absolute Gasteiger partial charge is 0.0657 e. The molecule has 4 aliphatic rings. The van der Waals surface area contributed by atoms with Crippen molar-refractivity contribution in [3.63, 3.8) is 0 Å². The topological polar surface area (TPSA) is 40.5 Å². The third-order valence-corrected chi connectivity index (χ3v) is 11.1. The molecule has 0 aromatic carbocycles. The summed E-state index contributed by atoms with van der Waals surface area (Å²) in [6.45, 7) is 12.5. The van der Waals surface area contributed by atoms with E-state index in [0.717, 1.165) is 54.8 Å². The van der Waals surface area contributed by atoms with E-state index >= 15 is 0 Å². The van der Waals surface area contributed by atoms with Crippen LogP contribution < -0.4 is 0 Å². The molecule has 0 aromatic rings. The molecule has 0 aromatic heterocycles. The van der Waals surface area contributed by atoms with E-state index in [0.29, 0.717) is 17.4 Å². The lowest BCUT2D eigenvalue weighted by Crippen LogP contribution is -2.52. The van der Waals surface area contributed by atoms with Gasteiger partial charge in [-0.25, -0.2) is 0 Å². The maximum Gasteiger partial charge on any atom is 0.0657 e. The standard InChI is InChI=1S/C29H50O2/c1-20(7-6-18-30)8-9-21(2)24-12-13-25-23-11-10-22-19-27(3,31)16-17-28(22,4)26(23)14-15-29(24,25)5/h10,20-21,23-26,30-31H,6-9,11-19H2,1-5H3/t20-,21-,23+,24-,25+,26+,27+,28+,29-/m1/s1. The van der Waals surface area contributed by atoms with Crippen LogP contribution in [-0.2, 0) is 0 Å². The minimum atomic E-state index is -0.483. The summed E-state index contributed by atoms with van der Waals surface area (Å²) in [5.41, 5.74) is 1.99. The zero-order valence-electron chi connectivity index (χ0n) is 21.1. The van der Waals surface area contributed by atoms with Crippen molar-refractivity contribution in [3.05, 3.63) is 11.6 Å². The van der Waals surface area contributed by atoms with Gasteiger partial charge in [0.1, 0.15) is 0 Å². The van der Waals surface area contributed by atoms with Gasteiger partial charge in [0.05, 0.1) is 5.60 Å². The average Bonchev–Trinajstić information content (AvgIpc) is 3.08. The molecule has 0 spiro atoms. The van der Waals surface area contributed by atoms with Crippen LogP contribution in [0.2, 0.25) is 0 Å². The van der Waals surface area contributed by atoms with E-state index in [9.17, 15) is 5.11 Å². The van der Waals surface area contributed by atoms with Gasteiger partial charge in [0.2, 0.25) is 0 Å². The van der Waals surface area contributed by atoms with Crippen molar-refractivity contribution in [2.24, 2.45) is 46.3 Å². The number of hydrogen-bond acceptors (Lipinski definition) is 2. The van der Waals surface area contributed by atoms with Gasteiger partial charge in [0.15, 0.2) is 0 Å². The normalized spacial score (nSPS) is 46.5. The Hall–Kier alpha value is -0.340. The Bertz CT molecular complexity index is 666. The maximum atomic E-state index is 10.7. The molecule has 0 unspecified atom stereocenters. The zero-order chi connectivity index (χ0) is 22.4. The van der Waals surface area contributed by atoms with Gasteiger partial charge in [0.25, 0.3) is 0 Å². The fourth-order valence-electron chi connectivity index (χ4n) is 9.11. The molecule has 0 saturated heterocycles. The van der Waals surface area contributed by atoms with E-state index in [1.54, 1.807) is 5.57 Å². The molecule has 2 nitrogen and oxygen atoms in total. The highest BCUT2D eigenvalue weighted by Gasteiger charge is 2.59. The van der Waals surface area contributed by atoms with Crippen LogP contribution >= 0.6 is 0 Å². The molecule has 31 heavy (non-hydrogen) atoms. The first-order valence-electron chi connectivity index (χ1n) is 13.6. The van der Waals surface area contributed by atoms with Crippen molar-refractivity contribution in [2.75, 3.05) is 6.61 Å². The quantitative estimate of drug-likeness (QED) is 0.421. The highest BCUT2D eigenvalue weighted by molar-refractivity contribution is 5.26. The van der Waals surface area contributed by atoms with E-state index in [2.05, 4.69) is 33.8 Å². The molecule has 0 radical (unpaired) electrons. The van der Waals surface area contributed by atoms with Crippen molar-refractivity contribution in [2.45, 2.75) is 117 Å². The summed E-state index contributed by atoms with van der Waals surface area (Å²) in [5.74, 6) is 5.10. The second-order valence-corrected chi connectivity index (χ2v) is 13.2. The molecule has 178 valence electrons. The average molecular weight is 431 g/mol. The molecular formula is C29H50O2. The van der Waals surface area contributed by atoms with Gasteiger partial charge in [-0.05, 0) is 117 Å². The van der Waals surface area contributed by atoms with E-state index in [-0.39, 0.29) is 0 Å². The van der Waals surface area contributed by atoms with Crippen molar-refractivity contribution < 1.29 is 10.2 Å². The Labute approximate surface area is 192 Å². The molecule has 2 N–H and O–H groups in total. The molecule has 0 bridgehead atoms. The lowest BCUT2D eigenvalue weighted by molar-refractivity contribution is -0.0706. The second kappa shape index (κ2) is 8.79. The van der Waals surface area contributed by atoms with Crippen LogP contribution in [0.3, 0.4) is 0 Å². The van der Waals surface area contributed by atoms with Crippen molar-refractivity contribution in [1.82, 2.24) is 0 Å². The Morgan fingerprint density at radius 2 is 1.74 bits per heavy atom. The Kier molecular flexibility index (Phi) is 6.75. The lowest BCUT2D eigenvalue weighted by Gasteiger charge is -2.59. The van der Waals surface area contributed by atoms with E-state index < -0.39 is 5.60 Å². The van der Waals surface area contributed by atoms with Gasteiger partial charge in [-0.3, -0.25) is 0 Å². The largest absolute Gasteiger partial charge is 0.396 e. The molecule has 4 rings (SSSR count). The summed E-state index contributed by atoms with van der Waals surface area (Å²) < 4.78 is 0. The first-order valence-corrected chi connectivity index (χ1v) is 13.6. The van der Waals surface area contributed by atoms with E-state index in [1.165, 1.54) is 57.8 Å². The Morgan fingerprint density at radius 3 is 2.48 bits per heavy atom. The summed E-state index contributed by atoms with van der Waals surface area (Å²) in [7, 11) is 0. The first kappa shape index (κ1) is 23.8. The summed E-state index contributed by atoms with van der Waals surface area (Å²) in [5, 5.41) is 19.8. The van der Waals surface area contributed by atoms with Gasteiger partial charge in [0, 0.05) is 6.61 Å². The van der Waals surface area contributed by atoms with Crippen LogP contribution in [-0.4, -0.2) is 22.4 Å². The number of aliphatic hydroxyl groups excluding tert-OH is 1. The predicted octanol–water partition coefficient (Wildman–Crippen LogP) is 7.14. The molecule has 3 saturated carbocycles. The minimum absolute atomic E-state index is 0.345. The van der Waals surface area contributed by atoms with Crippen LogP contribution in [0.25, 0.3) is 0 Å². The van der Waals surface area contributed by atoms with Crippen LogP contribution in [0, 0.1) is 46.3 Å². The van der Waals surface area contributed by atoms with E-state index in [4.69, 9.17) is 5.11 Å². The molecule has 9 atom stereocenters. The number of allylic oxidation sites excluding steroid dienone is 1. The van der Waals surface area contributed by atoms with Gasteiger partial charge < -0.3 is 10.2 Å². The summed E-state index contributed by atoms with van der Waals surface area (Å²) in [4.78, 5) is 0. The summed E-state index contributed by atoms with van der Waals surface area (Å²) in [6.07, 6.45) is 17.5. The van der Waals surface area contributed by atoms with Crippen LogP contribution in [0.4, 0.5) is 0 Å². The van der Waals surface area contributed by atoms with Crippen molar-refractivity contribution in [1.29, 1.82) is 0 Å². The monoisotopic (exact) mass is 430 g/mol. The van der Waals surface area contributed by atoms with Gasteiger partial charge in [-0.1, -0.05) is 52.2 Å². The minimum Gasteiger partial charge on any atom is -0.396 e. The second-order valence-electron chi connectivity index (χ2n) is 13.2.